The second-order valence-electron chi connectivity index (χ2n) is 6.21. The van der Waals surface area contributed by atoms with Crippen LogP contribution in [0.25, 0.3) is 0 Å². The number of urea groups is 1. The maximum Gasteiger partial charge on any atom is 0.326 e. The highest BCUT2D eigenvalue weighted by Gasteiger charge is 2.14. The van der Waals surface area contributed by atoms with Crippen LogP contribution in [0.1, 0.15) is 27.2 Å². The normalized spacial score (nSPS) is 15.4. The van der Waals surface area contributed by atoms with E-state index in [1.807, 2.05) is 49.0 Å². The molecule has 0 saturated heterocycles. The highest BCUT2D eigenvalue weighted by Crippen LogP contribution is 2.19. The molecule has 0 bridgehead atoms. The molecule has 0 saturated carbocycles. The van der Waals surface area contributed by atoms with Gasteiger partial charge in [0.1, 0.15) is 0 Å². The number of para-hydroxylation sites is 1. The predicted octanol–water partition coefficient (Wildman–Crippen LogP) is 6.33. The number of carbonyl (C=O) groups is 1. The van der Waals surface area contributed by atoms with E-state index in [4.69, 9.17) is 11.6 Å². The molecule has 27 heavy (non-hydrogen) atoms. The van der Waals surface area contributed by atoms with Gasteiger partial charge in [-0.2, -0.15) is 0 Å². The SMILES string of the molecule is CC1=NCC(C)S1.CCCN(C(=O)Nc1ccc(Cl)cc1)c1ccccc1. The number of benzene rings is 2. The Morgan fingerprint density at radius 3 is 2.37 bits per heavy atom. The van der Waals surface area contributed by atoms with Crippen molar-refractivity contribution in [3.63, 3.8) is 0 Å². The van der Waals surface area contributed by atoms with Crippen LogP contribution in [0.4, 0.5) is 16.2 Å². The van der Waals surface area contributed by atoms with Crippen molar-refractivity contribution in [2.45, 2.75) is 32.4 Å². The van der Waals surface area contributed by atoms with Crippen LogP contribution < -0.4 is 10.2 Å². The van der Waals surface area contributed by atoms with Gasteiger partial charge in [-0.05, 0) is 49.7 Å². The summed E-state index contributed by atoms with van der Waals surface area (Å²) in [6, 6.07) is 16.6. The van der Waals surface area contributed by atoms with Crippen LogP contribution in [0.5, 0.6) is 0 Å². The van der Waals surface area contributed by atoms with Crippen LogP contribution in [-0.2, 0) is 0 Å². The van der Waals surface area contributed by atoms with Gasteiger partial charge in [0.2, 0.25) is 0 Å². The van der Waals surface area contributed by atoms with Gasteiger partial charge in [0, 0.05) is 28.2 Å². The maximum absolute atomic E-state index is 12.4. The van der Waals surface area contributed by atoms with Gasteiger partial charge in [0.25, 0.3) is 0 Å². The summed E-state index contributed by atoms with van der Waals surface area (Å²) in [5.41, 5.74) is 1.62. The van der Waals surface area contributed by atoms with Crippen LogP contribution in [-0.4, -0.2) is 29.4 Å². The molecule has 4 nitrogen and oxygen atoms in total. The Kier molecular flexibility index (Phi) is 8.69. The molecule has 2 amide bonds. The molecule has 1 aliphatic rings. The lowest BCUT2D eigenvalue weighted by atomic mass is 10.2. The van der Waals surface area contributed by atoms with Crippen LogP contribution in [0.15, 0.2) is 59.6 Å². The first-order chi connectivity index (χ1) is 13.0. The Bertz CT molecular complexity index is 750. The summed E-state index contributed by atoms with van der Waals surface area (Å²) in [6.45, 7) is 8.00. The zero-order valence-electron chi connectivity index (χ0n) is 16.0. The second kappa shape index (κ2) is 11.0. The lowest BCUT2D eigenvalue weighted by Crippen LogP contribution is -2.35. The summed E-state index contributed by atoms with van der Waals surface area (Å²) >= 11 is 7.70. The quantitative estimate of drug-likeness (QED) is 0.648. The fourth-order valence-electron chi connectivity index (χ4n) is 2.53. The smallest absolute Gasteiger partial charge is 0.308 e. The van der Waals surface area contributed by atoms with Crippen LogP contribution in [0.3, 0.4) is 0 Å². The van der Waals surface area contributed by atoms with E-state index in [-0.39, 0.29) is 6.03 Å². The summed E-state index contributed by atoms with van der Waals surface area (Å²) < 4.78 is 0. The van der Waals surface area contributed by atoms with Gasteiger partial charge >= 0.3 is 6.03 Å². The van der Waals surface area contributed by atoms with Gasteiger partial charge in [-0.1, -0.05) is 43.6 Å². The fraction of sp³-hybridized carbons (Fsp3) is 0.333. The number of hydrogen-bond donors (Lipinski definition) is 1. The molecule has 2 aromatic rings. The van der Waals surface area contributed by atoms with Crippen LogP contribution in [0.2, 0.25) is 5.02 Å². The van der Waals surface area contributed by atoms with E-state index in [1.54, 1.807) is 29.2 Å². The lowest BCUT2D eigenvalue weighted by Gasteiger charge is -2.22. The molecule has 1 aliphatic heterocycles. The van der Waals surface area contributed by atoms with Crippen LogP contribution >= 0.6 is 23.4 Å². The molecular weight excluding hydrogens is 378 g/mol. The van der Waals surface area contributed by atoms with Crippen molar-refractivity contribution in [1.82, 2.24) is 0 Å². The maximum atomic E-state index is 12.4. The van der Waals surface area contributed by atoms with Crippen molar-refractivity contribution >= 4 is 45.8 Å². The number of carbonyl (C=O) groups excluding carboxylic acids is 1. The molecule has 144 valence electrons. The highest BCUT2D eigenvalue weighted by molar-refractivity contribution is 8.14. The predicted molar refractivity (Wildman–Crippen MR) is 120 cm³/mol. The lowest BCUT2D eigenvalue weighted by molar-refractivity contribution is 0.257. The van der Waals surface area contributed by atoms with Crippen LogP contribution in [0, 0.1) is 0 Å². The van der Waals surface area contributed by atoms with Gasteiger partial charge in [0.05, 0.1) is 11.6 Å². The zero-order chi connectivity index (χ0) is 19.6. The summed E-state index contributed by atoms with van der Waals surface area (Å²) in [4.78, 5) is 18.3. The monoisotopic (exact) mass is 403 g/mol. The number of amides is 2. The number of thioether (sulfide) groups is 1. The molecule has 0 radical (unpaired) electrons. The van der Waals surface area contributed by atoms with E-state index < -0.39 is 0 Å². The van der Waals surface area contributed by atoms with Gasteiger partial charge < -0.3 is 5.32 Å². The number of nitrogens with one attached hydrogen (secondary N) is 1. The molecule has 0 aliphatic carbocycles. The van der Waals surface area contributed by atoms with Gasteiger partial charge in [-0.15, -0.1) is 11.8 Å². The third kappa shape index (κ3) is 7.27. The molecule has 0 fully saturated rings. The van der Waals surface area contributed by atoms with Crippen molar-refractivity contribution < 1.29 is 4.79 Å². The van der Waals surface area contributed by atoms with Crippen molar-refractivity contribution in [2.75, 3.05) is 23.3 Å². The fourth-order valence-corrected chi connectivity index (χ4v) is 3.53. The highest BCUT2D eigenvalue weighted by atomic mass is 35.5. The number of nitrogens with zero attached hydrogens (tertiary/aromatic N) is 2. The van der Waals surface area contributed by atoms with Gasteiger partial charge in [-0.25, -0.2) is 4.79 Å². The van der Waals surface area contributed by atoms with Crippen molar-refractivity contribution in [2.24, 2.45) is 4.99 Å². The number of aliphatic imine (C=N–C) groups is 1. The largest absolute Gasteiger partial charge is 0.326 e. The minimum atomic E-state index is -0.139. The first kappa shape index (κ1) is 21.3. The van der Waals surface area contributed by atoms with Gasteiger partial charge in [-0.3, -0.25) is 9.89 Å². The minimum Gasteiger partial charge on any atom is -0.308 e. The number of rotatable bonds is 4. The average Bonchev–Trinajstić information content (AvgIpc) is 3.05. The standard InChI is InChI=1S/C16H17ClN2O.C5H9NS/c1-2-12-19(15-6-4-3-5-7-15)16(20)18-14-10-8-13(17)9-11-14;1-4-3-6-5(2)7-4/h3-11H,2,12H2,1H3,(H,18,20);4H,3H2,1-2H3. The summed E-state index contributed by atoms with van der Waals surface area (Å²) in [6.07, 6.45) is 0.892. The molecule has 0 spiro atoms. The summed E-state index contributed by atoms with van der Waals surface area (Å²) in [7, 11) is 0. The molecule has 6 heteroatoms. The topological polar surface area (TPSA) is 44.7 Å². The summed E-state index contributed by atoms with van der Waals surface area (Å²) in [5, 5.41) is 5.51. The zero-order valence-corrected chi connectivity index (χ0v) is 17.6. The molecule has 1 atom stereocenters. The Hall–Kier alpha value is -1.98. The first-order valence-corrected chi connectivity index (χ1v) is 10.3. The number of hydrogen-bond acceptors (Lipinski definition) is 3. The number of halogens is 1. The average molecular weight is 404 g/mol. The second-order valence-corrected chi connectivity index (χ2v) is 8.28. The summed E-state index contributed by atoms with van der Waals surface area (Å²) in [5.74, 6) is 0. The Balaban J connectivity index is 0.000000313. The van der Waals surface area contributed by atoms with Crippen molar-refractivity contribution in [1.29, 1.82) is 0 Å². The minimum absolute atomic E-state index is 0.139. The third-order valence-corrected chi connectivity index (χ3v) is 5.07. The van der Waals surface area contributed by atoms with Gasteiger partial charge in [0.15, 0.2) is 0 Å². The molecule has 2 aromatic carbocycles. The first-order valence-electron chi connectivity index (χ1n) is 9.06. The Labute approximate surface area is 171 Å². The molecule has 1 unspecified atom stereocenters. The molecular formula is C21H26ClN3OS. The number of anilines is 2. The van der Waals surface area contributed by atoms with E-state index in [1.165, 1.54) is 5.04 Å². The van der Waals surface area contributed by atoms with E-state index in [0.29, 0.717) is 11.6 Å². The Morgan fingerprint density at radius 1 is 1.22 bits per heavy atom. The van der Waals surface area contributed by atoms with E-state index >= 15 is 0 Å². The molecule has 1 N–H and O–H groups in total. The molecule has 3 rings (SSSR count). The van der Waals surface area contributed by atoms with E-state index in [2.05, 4.69) is 24.2 Å². The van der Waals surface area contributed by atoms with E-state index in [0.717, 1.165) is 29.6 Å². The molecule has 0 aromatic heterocycles. The van der Waals surface area contributed by atoms with Crippen molar-refractivity contribution in [3.8, 4) is 0 Å². The molecule has 1 heterocycles. The third-order valence-electron chi connectivity index (χ3n) is 3.80. The van der Waals surface area contributed by atoms with Crippen molar-refractivity contribution in [3.05, 3.63) is 59.6 Å². The Morgan fingerprint density at radius 2 is 1.89 bits per heavy atom. The van der Waals surface area contributed by atoms with E-state index in [9.17, 15) is 4.79 Å².